The van der Waals surface area contributed by atoms with E-state index in [0.29, 0.717) is 64.7 Å². The number of rotatable bonds is 6. The zero-order valence-corrected chi connectivity index (χ0v) is 29.1. The first kappa shape index (κ1) is 34.8. The molecule has 11 nitrogen and oxygen atoms in total. The summed E-state index contributed by atoms with van der Waals surface area (Å²) in [5, 5.41) is 13.2. The van der Waals surface area contributed by atoms with Crippen molar-refractivity contribution >= 4 is 56.6 Å². The minimum Gasteiger partial charge on any atom is -0.397 e. The number of anilines is 2. The summed E-state index contributed by atoms with van der Waals surface area (Å²) in [5.41, 5.74) is 6.52. The molecule has 5 N–H and O–H groups in total. The van der Waals surface area contributed by atoms with Gasteiger partial charge in [-0.15, -0.1) is 11.3 Å². The Kier molecular flexibility index (Phi) is 10.7. The maximum atomic E-state index is 14.0. The molecule has 0 unspecified atom stereocenters. The lowest BCUT2D eigenvalue weighted by Crippen LogP contribution is -2.59. The van der Waals surface area contributed by atoms with E-state index in [2.05, 4.69) is 36.8 Å². The molecule has 6 rings (SSSR count). The number of carbonyl (C=O) groups is 3. The van der Waals surface area contributed by atoms with E-state index >= 15 is 0 Å². The zero-order valence-electron chi connectivity index (χ0n) is 26.7. The first-order valence-corrected chi connectivity index (χ1v) is 18.3. The third-order valence-electron chi connectivity index (χ3n) is 10.0. The largest absolute Gasteiger partial charge is 0.418 e. The fourth-order valence-corrected chi connectivity index (χ4v) is 8.62. The highest BCUT2D eigenvalue weighted by Crippen LogP contribution is 2.38. The molecule has 0 aliphatic carbocycles. The van der Waals surface area contributed by atoms with Crippen molar-refractivity contribution in [3.05, 3.63) is 44.1 Å². The predicted molar refractivity (Wildman–Crippen MR) is 182 cm³/mol. The fourth-order valence-electron chi connectivity index (χ4n) is 7.29. The Morgan fingerprint density at radius 1 is 0.979 bits per heavy atom. The van der Waals surface area contributed by atoms with E-state index in [1.165, 1.54) is 6.07 Å². The Hall–Kier alpha value is -3.08. The lowest BCUT2D eigenvalue weighted by molar-refractivity contribution is -0.137. The smallest absolute Gasteiger partial charge is 0.397 e. The van der Waals surface area contributed by atoms with Gasteiger partial charge >= 0.3 is 18.2 Å². The topological polar surface area (TPSA) is 126 Å². The van der Waals surface area contributed by atoms with E-state index in [1.807, 2.05) is 15.7 Å². The van der Waals surface area contributed by atoms with Gasteiger partial charge in [-0.2, -0.15) is 13.2 Å². The van der Waals surface area contributed by atoms with Crippen LogP contribution >= 0.6 is 27.3 Å². The minimum atomic E-state index is -4.68. The molecule has 1 aromatic carbocycles. The number of benzene rings is 1. The third-order valence-corrected chi connectivity index (χ3v) is 11.5. The van der Waals surface area contributed by atoms with Crippen molar-refractivity contribution in [3.63, 3.8) is 0 Å². The lowest BCUT2D eigenvalue weighted by atomic mass is 10.00. The number of hydrogen-bond acceptors (Lipinski definition) is 7. The Morgan fingerprint density at radius 3 is 2.38 bits per heavy atom. The number of nitrogens with two attached hydrogens (primary N) is 1. The Morgan fingerprint density at radius 2 is 1.69 bits per heavy atom. The number of nitrogens with zero attached hydrogens (tertiary/aromatic N) is 4. The molecule has 4 aliphatic rings. The van der Waals surface area contributed by atoms with Gasteiger partial charge in [-0.05, 0) is 89.8 Å². The number of amides is 5. The SMILES string of the molecule is Nc1c(Br)cc(C[C@@H](NC(=O)N2CCC(N3CCc4cscc4NC3=O)CC2)C(=O)N2CCN(C3CCNCC3)CC2)cc1C(F)(F)F. The van der Waals surface area contributed by atoms with Crippen LogP contribution in [0, 0.1) is 0 Å². The number of urea groups is 2. The molecule has 4 aliphatic heterocycles. The number of hydrogen-bond donors (Lipinski definition) is 4. The summed E-state index contributed by atoms with van der Waals surface area (Å²) >= 11 is 4.70. The van der Waals surface area contributed by atoms with Crippen LogP contribution in [0.1, 0.15) is 42.4 Å². The summed E-state index contributed by atoms with van der Waals surface area (Å²) in [4.78, 5) is 48.2. The summed E-state index contributed by atoms with van der Waals surface area (Å²) in [7, 11) is 0. The molecule has 16 heteroatoms. The monoisotopic (exact) mass is 754 g/mol. The molecular weight excluding hydrogens is 713 g/mol. The van der Waals surface area contributed by atoms with Gasteiger partial charge in [0, 0.05) is 74.2 Å². The van der Waals surface area contributed by atoms with Gasteiger partial charge in [0.25, 0.3) is 0 Å². The second-order valence-corrected chi connectivity index (χ2v) is 14.6. The highest BCUT2D eigenvalue weighted by atomic mass is 79.9. The van der Waals surface area contributed by atoms with Crippen LogP contribution in [-0.4, -0.2) is 115 Å². The summed E-state index contributed by atoms with van der Waals surface area (Å²) in [6, 6.07) is 1.18. The molecule has 1 atom stereocenters. The molecule has 3 fully saturated rings. The summed E-state index contributed by atoms with van der Waals surface area (Å²) in [6.45, 7) is 5.63. The van der Waals surface area contributed by atoms with Crippen LogP contribution in [0.4, 0.5) is 34.1 Å². The van der Waals surface area contributed by atoms with Gasteiger partial charge in [0.1, 0.15) is 6.04 Å². The molecule has 2 aromatic rings. The maximum Gasteiger partial charge on any atom is 0.418 e. The molecule has 0 spiro atoms. The predicted octanol–water partition coefficient (Wildman–Crippen LogP) is 4.18. The number of nitrogen functional groups attached to an aromatic ring is 1. The van der Waals surface area contributed by atoms with Crippen LogP contribution in [0.3, 0.4) is 0 Å². The van der Waals surface area contributed by atoms with Gasteiger partial charge in [0.15, 0.2) is 0 Å². The quantitative estimate of drug-likeness (QED) is 0.328. The van der Waals surface area contributed by atoms with Crippen LogP contribution in [0.15, 0.2) is 27.4 Å². The van der Waals surface area contributed by atoms with Crippen molar-refractivity contribution in [1.29, 1.82) is 0 Å². The molecule has 5 heterocycles. The van der Waals surface area contributed by atoms with Crippen molar-refractivity contribution in [1.82, 2.24) is 30.2 Å². The molecular formula is C32H42BrF3N8O3S. The van der Waals surface area contributed by atoms with Gasteiger partial charge in [-0.25, -0.2) is 9.59 Å². The van der Waals surface area contributed by atoms with E-state index in [-0.39, 0.29) is 34.4 Å². The second-order valence-electron chi connectivity index (χ2n) is 13.0. The Bertz CT molecular complexity index is 1490. The van der Waals surface area contributed by atoms with Crippen molar-refractivity contribution in [2.75, 3.05) is 70.0 Å². The van der Waals surface area contributed by atoms with Gasteiger partial charge < -0.3 is 36.4 Å². The first-order chi connectivity index (χ1) is 23.0. The summed E-state index contributed by atoms with van der Waals surface area (Å²) in [6.07, 6.45) is -0.809. The van der Waals surface area contributed by atoms with Crippen LogP contribution in [0.25, 0.3) is 0 Å². The molecule has 5 amide bonds. The zero-order chi connectivity index (χ0) is 34.0. The van der Waals surface area contributed by atoms with E-state index in [9.17, 15) is 27.6 Å². The normalized spacial score (nSPS) is 21.0. The van der Waals surface area contributed by atoms with Gasteiger partial charge in [-0.1, -0.05) is 0 Å². The second kappa shape index (κ2) is 14.8. The highest BCUT2D eigenvalue weighted by Gasteiger charge is 2.37. The van der Waals surface area contributed by atoms with Crippen LogP contribution in [0.5, 0.6) is 0 Å². The lowest BCUT2D eigenvalue weighted by Gasteiger charge is -2.42. The standard InChI is InChI=1S/C32H42BrF3N8O3S/c33-25-16-20(15-24(28(25)37)32(34,35)36)17-26(29(45)42-13-11-41(12-14-42)22-1-6-38-7-2-22)39-30(46)43-8-4-23(5-9-43)44-10-3-21-18-48-19-27(21)40-31(44)47/h15-16,18-19,22-23,26,38H,1-14,17,37H2,(H,39,46)(H,40,47)/t26-/m1/s1. The fraction of sp³-hybridized carbons (Fsp3) is 0.594. The molecule has 262 valence electrons. The van der Waals surface area contributed by atoms with Gasteiger partial charge in [0.2, 0.25) is 5.91 Å². The van der Waals surface area contributed by atoms with Gasteiger partial charge in [-0.3, -0.25) is 9.69 Å². The number of likely N-dealkylation sites (tertiary alicyclic amines) is 1. The number of piperidine rings is 2. The Labute approximate surface area is 290 Å². The Balaban J connectivity index is 1.12. The molecule has 0 saturated carbocycles. The van der Waals surface area contributed by atoms with Crippen molar-refractivity contribution < 1.29 is 27.6 Å². The number of carbonyl (C=O) groups excluding carboxylic acids is 3. The number of alkyl halides is 3. The average molecular weight is 756 g/mol. The maximum absolute atomic E-state index is 14.0. The van der Waals surface area contributed by atoms with Crippen LogP contribution in [-0.2, 0) is 23.8 Å². The first-order valence-electron chi connectivity index (χ1n) is 16.5. The van der Waals surface area contributed by atoms with E-state index in [1.54, 1.807) is 21.1 Å². The van der Waals surface area contributed by atoms with Crippen molar-refractivity contribution in [3.8, 4) is 0 Å². The number of piperazine rings is 1. The van der Waals surface area contributed by atoms with Crippen LogP contribution in [0.2, 0.25) is 0 Å². The molecule has 1 aromatic heterocycles. The van der Waals surface area contributed by atoms with E-state index in [0.717, 1.165) is 49.7 Å². The third kappa shape index (κ3) is 7.87. The summed E-state index contributed by atoms with van der Waals surface area (Å²) in [5.74, 6) is -0.321. The van der Waals surface area contributed by atoms with Crippen molar-refractivity contribution in [2.45, 2.75) is 62.8 Å². The number of fused-ring (bicyclic) bond motifs is 1. The van der Waals surface area contributed by atoms with Gasteiger partial charge in [0.05, 0.1) is 16.9 Å². The number of thiophene rings is 1. The molecule has 3 saturated heterocycles. The van der Waals surface area contributed by atoms with Crippen molar-refractivity contribution in [2.24, 2.45) is 0 Å². The average Bonchev–Trinajstić information content (AvgIpc) is 3.45. The molecule has 48 heavy (non-hydrogen) atoms. The number of nitrogens with one attached hydrogen (secondary N) is 3. The van der Waals surface area contributed by atoms with E-state index in [4.69, 9.17) is 5.73 Å². The minimum absolute atomic E-state index is 0.0386. The molecule has 0 radical (unpaired) electrons. The highest BCUT2D eigenvalue weighted by molar-refractivity contribution is 9.10. The van der Waals surface area contributed by atoms with E-state index < -0.39 is 29.5 Å². The molecule has 0 bridgehead atoms. The van der Waals surface area contributed by atoms with Crippen LogP contribution < -0.4 is 21.7 Å². The number of halogens is 4. The summed E-state index contributed by atoms with van der Waals surface area (Å²) < 4.78 is 41.5.